The highest BCUT2D eigenvalue weighted by Crippen LogP contribution is 2.42. The molecule has 1 fully saturated rings. The number of hydrogen-bond acceptors (Lipinski definition) is 5. The zero-order valence-corrected chi connectivity index (χ0v) is 23.4. The van der Waals surface area contributed by atoms with Gasteiger partial charge in [0.1, 0.15) is 5.60 Å². The Kier molecular flexibility index (Phi) is 8.07. The van der Waals surface area contributed by atoms with Gasteiger partial charge in [0.05, 0.1) is 18.6 Å². The molecule has 0 N–H and O–H groups in total. The highest BCUT2D eigenvalue weighted by molar-refractivity contribution is 6.74. The molecule has 0 unspecified atom stereocenters. The van der Waals surface area contributed by atoms with Gasteiger partial charge in [-0.3, -0.25) is 4.79 Å². The van der Waals surface area contributed by atoms with Crippen molar-refractivity contribution in [2.45, 2.75) is 129 Å². The predicted molar refractivity (Wildman–Crippen MR) is 126 cm³/mol. The highest BCUT2D eigenvalue weighted by atomic mass is 28.4. The van der Waals surface area contributed by atoms with E-state index in [0.29, 0.717) is 6.42 Å². The molecule has 0 aliphatic carbocycles. The van der Waals surface area contributed by atoms with Crippen LogP contribution in [0, 0.1) is 0 Å². The van der Waals surface area contributed by atoms with Crippen LogP contribution >= 0.6 is 0 Å². The van der Waals surface area contributed by atoms with E-state index >= 15 is 0 Å². The van der Waals surface area contributed by atoms with Crippen LogP contribution in [-0.4, -0.2) is 52.0 Å². The maximum Gasteiger partial charge on any atom is 0.308 e. The average Bonchev–Trinajstić information content (AvgIpc) is 2.75. The maximum absolute atomic E-state index is 12.7. The van der Waals surface area contributed by atoms with Crippen LogP contribution in [0.2, 0.25) is 36.3 Å². The molecule has 0 spiro atoms. The van der Waals surface area contributed by atoms with Crippen LogP contribution in [0.3, 0.4) is 0 Å². The minimum absolute atomic E-state index is 0.00632. The average molecular weight is 446 g/mol. The lowest BCUT2D eigenvalue weighted by Gasteiger charge is -2.43. The van der Waals surface area contributed by atoms with Crippen molar-refractivity contribution in [2.75, 3.05) is 6.54 Å². The van der Waals surface area contributed by atoms with Crippen molar-refractivity contribution in [3.8, 4) is 0 Å². The van der Waals surface area contributed by atoms with Crippen LogP contribution in [0.1, 0.15) is 75.2 Å². The summed E-state index contributed by atoms with van der Waals surface area (Å²) in [4.78, 5) is 12.7. The molecule has 29 heavy (non-hydrogen) atoms. The molecule has 0 aromatic carbocycles. The van der Waals surface area contributed by atoms with Gasteiger partial charge in [-0.15, -0.1) is 0 Å². The Balaban J connectivity index is 3.09. The summed E-state index contributed by atoms with van der Waals surface area (Å²) >= 11 is 0. The van der Waals surface area contributed by atoms with E-state index in [2.05, 4.69) is 72.8 Å². The summed E-state index contributed by atoms with van der Waals surface area (Å²) in [5, 5.41) is 2.28. The van der Waals surface area contributed by atoms with Gasteiger partial charge < -0.3 is 13.7 Å². The first kappa shape index (κ1) is 26.8. The molecule has 0 aromatic heterocycles. The summed E-state index contributed by atoms with van der Waals surface area (Å²) in [7, 11) is -3.96. The Morgan fingerprint density at radius 2 is 1.38 bits per heavy atom. The minimum atomic E-state index is -2.00. The van der Waals surface area contributed by atoms with E-state index in [0.717, 1.165) is 13.0 Å². The molecule has 7 heteroatoms. The van der Waals surface area contributed by atoms with Crippen LogP contribution in [0.5, 0.6) is 0 Å². The number of hydrogen-bond donors (Lipinski definition) is 0. The molecule has 0 aromatic rings. The van der Waals surface area contributed by atoms with Crippen molar-refractivity contribution in [3.05, 3.63) is 0 Å². The van der Waals surface area contributed by atoms with Crippen molar-refractivity contribution in [1.29, 1.82) is 0 Å². The molecule has 0 radical (unpaired) electrons. The van der Waals surface area contributed by atoms with Crippen LogP contribution in [0.4, 0.5) is 0 Å². The number of carbonyl (C=O) groups excluding carboxylic acids is 1. The molecule has 1 rings (SSSR count). The zero-order chi connectivity index (χ0) is 23.1. The Labute approximate surface area is 182 Å². The highest BCUT2D eigenvalue weighted by Gasteiger charge is 2.48. The third kappa shape index (κ3) is 7.45. The summed E-state index contributed by atoms with van der Waals surface area (Å²) in [6.07, 6.45) is 1.17. The van der Waals surface area contributed by atoms with Crippen molar-refractivity contribution >= 4 is 22.6 Å². The fourth-order valence-electron chi connectivity index (χ4n) is 2.82. The van der Waals surface area contributed by atoms with Gasteiger partial charge in [0.25, 0.3) is 0 Å². The fraction of sp³-hybridized carbons (Fsp3) is 0.955. The maximum atomic E-state index is 12.7. The predicted octanol–water partition coefficient (Wildman–Crippen LogP) is 6.12. The van der Waals surface area contributed by atoms with Gasteiger partial charge in [-0.2, -0.15) is 5.06 Å². The largest absolute Gasteiger partial charge is 0.460 e. The van der Waals surface area contributed by atoms with Gasteiger partial charge in [-0.05, 0) is 63.5 Å². The Bertz CT molecular complexity index is 535. The molecule has 0 saturated carbocycles. The Morgan fingerprint density at radius 1 is 0.897 bits per heavy atom. The molecule has 5 nitrogen and oxygen atoms in total. The fourth-order valence-corrected chi connectivity index (χ4v) is 5.29. The van der Waals surface area contributed by atoms with E-state index in [-0.39, 0.29) is 28.2 Å². The van der Waals surface area contributed by atoms with Crippen molar-refractivity contribution < 1.29 is 18.5 Å². The lowest BCUT2D eigenvalue weighted by Crippen LogP contribution is -2.52. The lowest BCUT2D eigenvalue weighted by molar-refractivity contribution is -0.162. The van der Waals surface area contributed by atoms with E-state index < -0.39 is 22.2 Å². The normalized spacial score (nSPS) is 22.8. The second-order valence-electron chi connectivity index (χ2n) is 12.6. The van der Waals surface area contributed by atoms with E-state index in [1.807, 2.05) is 20.8 Å². The third-order valence-electron chi connectivity index (χ3n) is 6.63. The molecule has 1 saturated heterocycles. The Hall–Kier alpha value is -0.216. The van der Waals surface area contributed by atoms with Crippen LogP contribution in [0.25, 0.3) is 0 Å². The summed E-state index contributed by atoms with van der Waals surface area (Å²) in [5.41, 5.74) is -0.489. The molecule has 0 amide bonds. The smallest absolute Gasteiger partial charge is 0.308 e. The van der Waals surface area contributed by atoms with Gasteiger partial charge in [0, 0.05) is 6.54 Å². The molecule has 1 aliphatic rings. The number of nitrogens with zero attached hydrogens (tertiary/aromatic N) is 1. The van der Waals surface area contributed by atoms with E-state index in [1.54, 1.807) is 0 Å². The van der Waals surface area contributed by atoms with Gasteiger partial charge in [0.15, 0.2) is 8.32 Å². The molecular formula is C22H47NO4Si2. The topological polar surface area (TPSA) is 48.0 Å². The number of ether oxygens (including phenoxy) is 1. The van der Waals surface area contributed by atoms with Gasteiger partial charge in [0.2, 0.25) is 8.32 Å². The van der Waals surface area contributed by atoms with Gasteiger partial charge in [-0.25, -0.2) is 0 Å². The van der Waals surface area contributed by atoms with Crippen LogP contribution < -0.4 is 0 Å². The van der Waals surface area contributed by atoms with Crippen molar-refractivity contribution in [1.82, 2.24) is 5.06 Å². The second kappa shape index (κ2) is 8.73. The minimum Gasteiger partial charge on any atom is -0.460 e. The molecule has 172 valence electrons. The first-order valence-electron chi connectivity index (χ1n) is 11.0. The molecule has 0 bridgehead atoms. The Morgan fingerprint density at radius 3 is 1.79 bits per heavy atom. The van der Waals surface area contributed by atoms with Crippen LogP contribution in [0.15, 0.2) is 0 Å². The zero-order valence-electron chi connectivity index (χ0n) is 21.4. The standard InChI is InChI=1S/C22H47NO4Si2/c1-20(2,3)25-19(24)16-17-18(26-28(10,11)21(4,5)6)14-15-23(17)27-29(12,13)22(7,8)9/h17-18H,14-16H2,1-13H3/t17-,18+/m0/s1. The summed E-state index contributed by atoms with van der Waals surface area (Å²) < 4.78 is 19.0. The van der Waals surface area contributed by atoms with Crippen molar-refractivity contribution in [2.24, 2.45) is 0 Å². The van der Waals surface area contributed by atoms with Crippen molar-refractivity contribution in [3.63, 3.8) is 0 Å². The van der Waals surface area contributed by atoms with Gasteiger partial charge >= 0.3 is 5.97 Å². The van der Waals surface area contributed by atoms with E-state index in [1.165, 1.54) is 0 Å². The molecular weight excluding hydrogens is 398 g/mol. The first-order chi connectivity index (χ1) is 12.7. The number of hydroxylamine groups is 2. The first-order valence-corrected chi connectivity index (χ1v) is 16.8. The summed E-state index contributed by atoms with van der Waals surface area (Å²) in [6, 6.07) is -0.104. The molecule has 1 heterocycles. The molecule has 1 aliphatic heterocycles. The number of esters is 1. The number of rotatable bonds is 6. The SMILES string of the molecule is CC(C)(C)OC(=O)C[C@H]1[C@H](O[Si](C)(C)C(C)(C)C)CCN1O[Si](C)(C)C(C)(C)C. The molecule has 2 atom stereocenters. The van der Waals surface area contributed by atoms with E-state index in [4.69, 9.17) is 13.7 Å². The third-order valence-corrected chi connectivity index (χ3v) is 15.4. The quantitative estimate of drug-likeness (QED) is 0.364. The summed E-state index contributed by atoms with van der Waals surface area (Å²) in [5.74, 6) is -0.183. The van der Waals surface area contributed by atoms with Gasteiger partial charge in [-0.1, -0.05) is 41.5 Å². The summed E-state index contributed by atoms with van der Waals surface area (Å²) in [6.45, 7) is 29.0. The van der Waals surface area contributed by atoms with Crippen LogP contribution in [-0.2, 0) is 18.5 Å². The van der Waals surface area contributed by atoms with E-state index in [9.17, 15) is 4.79 Å². The number of carbonyl (C=O) groups is 1. The lowest BCUT2D eigenvalue weighted by atomic mass is 10.1. The second-order valence-corrected chi connectivity index (χ2v) is 22.0. The monoisotopic (exact) mass is 445 g/mol.